The minimum atomic E-state index is -0.175. The highest BCUT2D eigenvalue weighted by atomic mass is 16.7. The normalized spacial score (nSPS) is 39.2. The topological polar surface area (TPSA) is 63.2 Å². The zero-order valence-corrected chi connectivity index (χ0v) is 21.0. The molecule has 0 bridgehead atoms. The monoisotopic (exact) mass is 476 g/mol. The SMILES string of the molecule is CC(=O)OC1CC[C@H]2C(/C(=C\CC3CCCC3)OC3CCCCO3)C(OC3CCCCO3)C[C@@H]12. The van der Waals surface area contributed by atoms with Gasteiger partial charge in [-0.1, -0.05) is 25.7 Å². The van der Waals surface area contributed by atoms with Gasteiger partial charge in [0.1, 0.15) is 11.9 Å². The summed E-state index contributed by atoms with van der Waals surface area (Å²) in [5.41, 5.74) is 0. The number of esters is 1. The summed E-state index contributed by atoms with van der Waals surface area (Å²) in [7, 11) is 0. The number of hydrogen-bond donors (Lipinski definition) is 0. The highest BCUT2D eigenvalue weighted by Gasteiger charge is 2.54. The minimum Gasteiger partial charge on any atom is -0.469 e. The van der Waals surface area contributed by atoms with Crippen molar-refractivity contribution in [2.24, 2.45) is 23.7 Å². The van der Waals surface area contributed by atoms with Crippen LogP contribution in [-0.4, -0.2) is 44.0 Å². The molecule has 0 aromatic carbocycles. The molecule has 3 aliphatic carbocycles. The molecule has 5 unspecified atom stereocenters. The minimum absolute atomic E-state index is 0.00659. The van der Waals surface area contributed by atoms with Crippen molar-refractivity contribution < 1.29 is 28.5 Å². The Balaban J connectivity index is 1.37. The maximum absolute atomic E-state index is 11.8. The first-order valence-corrected chi connectivity index (χ1v) is 14.1. The molecule has 3 saturated carbocycles. The lowest BCUT2D eigenvalue weighted by Crippen LogP contribution is -2.34. The van der Waals surface area contributed by atoms with E-state index in [1.807, 2.05) is 0 Å². The van der Waals surface area contributed by atoms with Crippen molar-refractivity contribution in [1.29, 1.82) is 0 Å². The molecule has 0 N–H and O–H groups in total. The van der Waals surface area contributed by atoms with Crippen LogP contribution in [0.15, 0.2) is 11.8 Å². The molecule has 192 valence electrons. The zero-order chi connectivity index (χ0) is 23.3. The third-order valence-corrected chi connectivity index (χ3v) is 8.82. The Morgan fingerprint density at radius 3 is 2.18 bits per heavy atom. The molecular weight excluding hydrogens is 432 g/mol. The van der Waals surface area contributed by atoms with E-state index in [2.05, 4.69) is 6.08 Å². The van der Waals surface area contributed by atoms with Gasteiger partial charge in [0.2, 0.25) is 0 Å². The summed E-state index contributed by atoms with van der Waals surface area (Å²) in [6, 6.07) is 0. The lowest BCUT2D eigenvalue weighted by molar-refractivity contribution is -0.201. The van der Waals surface area contributed by atoms with Crippen molar-refractivity contribution in [3.8, 4) is 0 Å². The Hall–Kier alpha value is -1.11. The second-order valence-corrected chi connectivity index (χ2v) is 11.2. The number of allylic oxidation sites excluding steroid dienone is 1. The number of carbonyl (C=O) groups excluding carboxylic acids is 1. The highest BCUT2D eigenvalue weighted by Crippen LogP contribution is 2.53. The van der Waals surface area contributed by atoms with E-state index in [1.54, 1.807) is 0 Å². The number of rotatable bonds is 8. The second kappa shape index (κ2) is 11.7. The maximum atomic E-state index is 11.8. The Labute approximate surface area is 205 Å². The molecule has 2 heterocycles. The molecule has 34 heavy (non-hydrogen) atoms. The molecule has 5 fully saturated rings. The number of carbonyl (C=O) groups is 1. The van der Waals surface area contributed by atoms with E-state index in [4.69, 9.17) is 23.7 Å². The maximum Gasteiger partial charge on any atom is 0.302 e. The third-order valence-electron chi connectivity index (χ3n) is 8.82. The molecule has 0 radical (unpaired) electrons. The number of hydrogen-bond acceptors (Lipinski definition) is 6. The standard InChI is InChI=1S/C28H44O6/c1-19(29)32-23-15-13-21-22(23)18-25(34-27-11-5-7-17-31-27)28(21)24(14-12-20-8-2-3-9-20)33-26-10-4-6-16-30-26/h14,20-23,25-28H,2-13,15-18H2,1H3/b24-14+/t21-,22-,23?,25?,26?,27?,28?/m1/s1. The fraction of sp³-hybridized carbons (Fsp3) is 0.893. The van der Waals surface area contributed by atoms with E-state index < -0.39 is 0 Å². The molecular formula is C28H44O6. The lowest BCUT2D eigenvalue weighted by atomic mass is 9.88. The first-order chi connectivity index (χ1) is 16.7. The molecule has 0 aromatic heterocycles. The quantitative estimate of drug-likeness (QED) is 0.322. The first-order valence-electron chi connectivity index (χ1n) is 14.1. The van der Waals surface area contributed by atoms with Crippen molar-refractivity contribution in [3.63, 3.8) is 0 Å². The van der Waals surface area contributed by atoms with Crippen molar-refractivity contribution >= 4 is 5.97 Å². The smallest absolute Gasteiger partial charge is 0.302 e. The Bertz CT molecular complexity index is 689. The summed E-state index contributed by atoms with van der Waals surface area (Å²) in [6.07, 6.45) is 17.9. The molecule has 2 aliphatic heterocycles. The Morgan fingerprint density at radius 2 is 1.50 bits per heavy atom. The van der Waals surface area contributed by atoms with Gasteiger partial charge in [-0.2, -0.15) is 0 Å². The molecule has 5 aliphatic rings. The van der Waals surface area contributed by atoms with E-state index in [-0.39, 0.29) is 36.7 Å². The predicted octanol–water partition coefficient (Wildman–Crippen LogP) is 5.88. The molecule has 7 atom stereocenters. The highest BCUT2D eigenvalue weighted by molar-refractivity contribution is 5.66. The van der Waals surface area contributed by atoms with Crippen LogP contribution >= 0.6 is 0 Å². The van der Waals surface area contributed by atoms with Crippen LogP contribution in [0.1, 0.15) is 96.8 Å². The zero-order valence-electron chi connectivity index (χ0n) is 21.0. The van der Waals surface area contributed by atoms with Gasteiger partial charge >= 0.3 is 5.97 Å². The third kappa shape index (κ3) is 5.99. The van der Waals surface area contributed by atoms with Crippen LogP contribution in [0.3, 0.4) is 0 Å². The summed E-state index contributed by atoms with van der Waals surface area (Å²) < 4.78 is 31.1. The van der Waals surface area contributed by atoms with Crippen LogP contribution in [0.2, 0.25) is 0 Å². The molecule has 0 amide bonds. The second-order valence-electron chi connectivity index (χ2n) is 11.2. The van der Waals surface area contributed by atoms with E-state index in [9.17, 15) is 4.79 Å². The molecule has 0 aromatic rings. The van der Waals surface area contributed by atoms with Crippen LogP contribution in [0.25, 0.3) is 0 Å². The molecule has 2 saturated heterocycles. The van der Waals surface area contributed by atoms with E-state index >= 15 is 0 Å². The average molecular weight is 477 g/mol. The lowest BCUT2D eigenvalue weighted by Gasteiger charge is -2.34. The summed E-state index contributed by atoms with van der Waals surface area (Å²) in [6.45, 7) is 3.09. The molecule has 0 spiro atoms. The van der Waals surface area contributed by atoms with Crippen LogP contribution < -0.4 is 0 Å². The number of ether oxygens (including phenoxy) is 5. The van der Waals surface area contributed by atoms with Gasteiger partial charge in [-0.05, 0) is 75.7 Å². The van der Waals surface area contributed by atoms with Gasteiger partial charge in [0.05, 0.1) is 12.7 Å². The van der Waals surface area contributed by atoms with E-state index in [1.165, 1.54) is 32.6 Å². The molecule has 6 heteroatoms. The largest absolute Gasteiger partial charge is 0.469 e. The van der Waals surface area contributed by atoms with Crippen LogP contribution in [-0.2, 0) is 28.5 Å². The summed E-state index contributed by atoms with van der Waals surface area (Å²) in [5, 5.41) is 0. The van der Waals surface area contributed by atoms with Gasteiger partial charge in [-0.25, -0.2) is 0 Å². The first kappa shape index (κ1) is 24.6. The fourth-order valence-corrected chi connectivity index (χ4v) is 7.18. The van der Waals surface area contributed by atoms with Crippen LogP contribution in [0.5, 0.6) is 0 Å². The van der Waals surface area contributed by atoms with Gasteiger partial charge in [0.25, 0.3) is 0 Å². The summed E-state index contributed by atoms with van der Waals surface area (Å²) in [4.78, 5) is 11.8. The van der Waals surface area contributed by atoms with E-state index in [0.717, 1.165) is 89.1 Å². The van der Waals surface area contributed by atoms with Crippen LogP contribution in [0.4, 0.5) is 0 Å². The predicted molar refractivity (Wildman–Crippen MR) is 128 cm³/mol. The van der Waals surface area contributed by atoms with Crippen molar-refractivity contribution in [2.75, 3.05) is 13.2 Å². The summed E-state index contributed by atoms with van der Waals surface area (Å²) in [5.74, 6) is 2.59. The Kier molecular flexibility index (Phi) is 8.49. The van der Waals surface area contributed by atoms with Gasteiger partial charge < -0.3 is 23.7 Å². The van der Waals surface area contributed by atoms with Crippen LogP contribution in [0, 0.1) is 23.7 Å². The van der Waals surface area contributed by atoms with Crippen molar-refractivity contribution in [2.45, 2.75) is 122 Å². The fourth-order valence-electron chi connectivity index (χ4n) is 7.18. The summed E-state index contributed by atoms with van der Waals surface area (Å²) >= 11 is 0. The molecule has 6 nitrogen and oxygen atoms in total. The van der Waals surface area contributed by atoms with Gasteiger partial charge in [0.15, 0.2) is 12.6 Å². The molecule has 5 rings (SSSR count). The van der Waals surface area contributed by atoms with Gasteiger partial charge in [-0.3, -0.25) is 4.79 Å². The van der Waals surface area contributed by atoms with E-state index in [0.29, 0.717) is 11.8 Å². The average Bonchev–Trinajstić information content (AvgIpc) is 3.57. The van der Waals surface area contributed by atoms with Gasteiger partial charge in [0, 0.05) is 31.8 Å². The van der Waals surface area contributed by atoms with Gasteiger partial charge in [-0.15, -0.1) is 0 Å². The number of fused-ring (bicyclic) bond motifs is 1. The van der Waals surface area contributed by atoms with Crippen molar-refractivity contribution in [1.82, 2.24) is 0 Å². The van der Waals surface area contributed by atoms with Crippen molar-refractivity contribution in [3.05, 3.63) is 11.8 Å². The Morgan fingerprint density at radius 1 is 0.794 bits per heavy atom.